The van der Waals surface area contributed by atoms with E-state index >= 15 is 0 Å². The molecule has 2 rings (SSSR count). The summed E-state index contributed by atoms with van der Waals surface area (Å²) in [6, 6.07) is 12.6. The highest BCUT2D eigenvalue weighted by Gasteiger charge is 2.17. The smallest absolute Gasteiger partial charge is 0.372 e. The van der Waals surface area contributed by atoms with Crippen molar-refractivity contribution in [2.75, 3.05) is 13.2 Å². The van der Waals surface area contributed by atoms with E-state index in [0.29, 0.717) is 18.6 Å². The Hall–Kier alpha value is -2.73. The number of hydrogen-bond acceptors (Lipinski definition) is 4. The molecule has 0 fully saturated rings. The maximum Gasteiger partial charge on any atom is 0.372 e. The van der Waals surface area contributed by atoms with Gasteiger partial charge in [-0.1, -0.05) is 30.3 Å². The van der Waals surface area contributed by atoms with Gasteiger partial charge in [-0.2, -0.15) is 4.57 Å². The fourth-order valence-corrected chi connectivity index (χ4v) is 2.44. The Bertz CT molecular complexity index is 704. The van der Waals surface area contributed by atoms with E-state index in [2.05, 4.69) is 5.32 Å². The highest BCUT2D eigenvalue weighted by molar-refractivity contribution is 5.93. The van der Waals surface area contributed by atoms with Crippen LogP contribution in [0.25, 0.3) is 0 Å². The number of carbonyl (C=O) groups excluding carboxylic acids is 2. The number of aliphatic hydroxyl groups excluding tert-OH is 1. The number of nitrogens with one attached hydrogen (secondary N) is 1. The van der Waals surface area contributed by atoms with Crippen molar-refractivity contribution in [1.29, 1.82) is 0 Å². The zero-order chi connectivity index (χ0) is 18.1. The van der Waals surface area contributed by atoms with Gasteiger partial charge in [0.2, 0.25) is 6.54 Å². The summed E-state index contributed by atoms with van der Waals surface area (Å²) >= 11 is 0. The second-order valence-corrected chi connectivity index (χ2v) is 5.61. The zero-order valence-electron chi connectivity index (χ0n) is 14.2. The van der Waals surface area contributed by atoms with Crippen molar-refractivity contribution in [3.8, 4) is 0 Å². The minimum Gasteiger partial charge on any atom is -0.461 e. The molecule has 1 heterocycles. The molecule has 1 aromatic heterocycles. The molecule has 0 bridgehead atoms. The van der Waals surface area contributed by atoms with Crippen LogP contribution >= 0.6 is 0 Å². The van der Waals surface area contributed by atoms with Crippen molar-refractivity contribution in [2.45, 2.75) is 25.9 Å². The molecular formula is C19H23N2O4+. The van der Waals surface area contributed by atoms with Crippen LogP contribution < -0.4 is 9.88 Å². The lowest BCUT2D eigenvalue weighted by molar-refractivity contribution is -0.686. The minimum atomic E-state index is -0.381. The molecule has 0 spiro atoms. The molecule has 0 aliphatic rings. The molecule has 2 aromatic rings. The molecule has 0 aliphatic heterocycles. The molecule has 25 heavy (non-hydrogen) atoms. The van der Waals surface area contributed by atoms with Crippen LogP contribution in [-0.2, 0) is 22.5 Å². The number of aliphatic hydroxyl groups is 1. The SMILES string of the molecule is CCOC(=O)C[n+]1cccc(C(=O)N[C@H](CO)Cc2ccccc2)c1. The number of hydrogen-bond donors (Lipinski definition) is 2. The van der Waals surface area contributed by atoms with E-state index in [1.807, 2.05) is 30.3 Å². The first-order chi connectivity index (χ1) is 12.1. The molecule has 1 atom stereocenters. The third-order valence-corrected chi connectivity index (χ3v) is 3.62. The molecule has 6 nitrogen and oxygen atoms in total. The minimum absolute atomic E-state index is 0.0441. The Balaban J connectivity index is 2.00. The molecular weight excluding hydrogens is 320 g/mol. The van der Waals surface area contributed by atoms with E-state index in [4.69, 9.17) is 4.74 Å². The summed E-state index contributed by atoms with van der Waals surface area (Å²) in [5.41, 5.74) is 1.45. The van der Waals surface area contributed by atoms with Gasteiger partial charge in [-0.15, -0.1) is 0 Å². The Morgan fingerprint density at radius 3 is 2.64 bits per heavy atom. The fourth-order valence-electron chi connectivity index (χ4n) is 2.44. The van der Waals surface area contributed by atoms with Crippen LogP contribution in [0.15, 0.2) is 54.9 Å². The molecule has 1 amide bonds. The number of benzene rings is 1. The Morgan fingerprint density at radius 1 is 1.20 bits per heavy atom. The number of carbonyl (C=O) groups is 2. The molecule has 0 radical (unpaired) electrons. The first kappa shape index (κ1) is 18.6. The van der Waals surface area contributed by atoms with Crippen LogP contribution in [0.4, 0.5) is 0 Å². The van der Waals surface area contributed by atoms with E-state index in [9.17, 15) is 14.7 Å². The fraction of sp³-hybridized carbons (Fsp3) is 0.316. The van der Waals surface area contributed by atoms with Crippen LogP contribution in [0.5, 0.6) is 0 Å². The van der Waals surface area contributed by atoms with Crippen LogP contribution in [0, 0.1) is 0 Å². The molecule has 6 heteroatoms. The highest BCUT2D eigenvalue weighted by Crippen LogP contribution is 2.04. The molecule has 0 unspecified atom stereocenters. The number of rotatable bonds is 8. The van der Waals surface area contributed by atoms with Gasteiger partial charge in [-0.25, -0.2) is 4.79 Å². The van der Waals surface area contributed by atoms with Gasteiger partial charge >= 0.3 is 5.97 Å². The molecule has 0 aliphatic carbocycles. The number of nitrogens with zero attached hydrogens (tertiary/aromatic N) is 1. The number of amides is 1. The highest BCUT2D eigenvalue weighted by atomic mass is 16.5. The number of esters is 1. The summed E-state index contributed by atoms with van der Waals surface area (Å²) in [6.07, 6.45) is 3.82. The summed E-state index contributed by atoms with van der Waals surface area (Å²) in [5.74, 6) is -0.657. The molecule has 132 valence electrons. The summed E-state index contributed by atoms with van der Waals surface area (Å²) in [5, 5.41) is 12.4. The summed E-state index contributed by atoms with van der Waals surface area (Å²) in [4.78, 5) is 24.0. The van der Waals surface area contributed by atoms with Crippen molar-refractivity contribution in [1.82, 2.24) is 5.32 Å². The average Bonchev–Trinajstić information content (AvgIpc) is 2.62. The van der Waals surface area contributed by atoms with Crippen molar-refractivity contribution in [3.63, 3.8) is 0 Å². The van der Waals surface area contributed by atoms with Crippen molar-refractivity contribution >= 4 is 11.9 Å². The Kier molecular flexibility index (Phi) is 7.10. The lowest BCUT2D eigenvalue weighted by atomic mass is 10.1. The Labute approximate surface area is 147 Å². The lowest BCUT2D eigenvalue weighted by Gasteiger charge is -2.16. The van der Waals surface area contributed by atoms with Crippen LogP contribution in [0.3, 0.4) is 0 Å². The molecule has 0 saturated carbocycles. The van der Waals surface area contributed by atoms with Crippen molar-refractivity contribution in [2.24, 2.45) is 0 Å². The summed E-state index contributed by atoms with van der Waals surface area (Å²) < 4.78 is 6.50. The van der Waals surface area contributed by atoms with E-state index in [1.54, 1.807) is 36.0 Å². The van der Waals surface area contributed by atoms with Gasteiger partial charge in [0.05, 0.1) is 19.3 Å². The lowest BCUT2D eigenvalue weighted by Crippen LogP contribution is -2.42. The first-order valence-electron chi connectivity index (χ1n) is 8.22. The maximum absolute atomic E-state index is 12.4. The van der Waals surface area contributed by atoms with Crippen LogP contribution in [0.2, 0.25) is 0 Å². The number of ether oxygens (including phenoxy) is 1. The van der Waals surface area contributed by atoms with E-state index in [-0.39, 0.29) is 31.1 Å². The average molecular weight is 343 g/mol. The van der Waals surface area contributed by atoms with Crippen LogP contribution in [-0.4, -0.2) is 36.2 Å². The van der Waals surface area contributed by atoms with E-state index in [0.717, 1.165) is 5.56 Å². The topological polar surface area (TPSA) is 79.5 Å². The van der Waals surface area contributed by atoms with Gasteiger partial charge < -0.3 is 15.2 Å². The zero-order valence-corrected chi connectivity index (χ0v) is 14.2. The van der Waals surface area contributed by atoms with Gasteiger partial charge in [0.25, 0.3) is 5.91 Å². The van der Waals surface area contributed by atoms with Crippen molar-refractivity contribution < 1.29 is 24.0 Å². The summed E-state index contributed by atoms with van der Waals surface area (Å²) in [7, 11) is 0. The van der Waals surface area contributed by atoms with Gasteiger partial charge in [0.1, 0.15) is 5.56 Å². The van der Waals surface area contributed by atoms with Gasteiger partial charge in [0.15, 0.2) is 12.4 Å². The maximum atomic E-state index is 12.4. The van der Waals surface area contributed by atoms with E-state index in [1.165, 1.54) is 0 Å². The third kappa shape index (κ3) is 6.00. The van der Waals surface area contributed by atoms with Gasteiger partial charge in [-0.3, -0.25) is 4.79 Å². The normalized spacial score (nSPS) is 11.6. The molecule has 1 aromatic carbocycles. The predicted molar refractivity (Wildman–Crippen MR) is 91.8 cm³/mol. The largest absolute Gasteiger partial charge is 0.461 e. The van der Waals surface area contributed by atoms with Crippen LogP contribution in [0.1, 0.15) is 22.8 Å². The Morgan fingerprint density at radius 2 is 1.96 bits per heavy atom. The third-order valence-electron chi connectivity index (χ3n) is 3.62. The molecule has 0 saturated heterocycles. The van der Waals surface area contributed by atoms with Gasteiger partial charge in [-0.05, 0) is 25.0 Å². The quantitative estimate of drug-likeness (QED) is 0.551. The monoisotopic (exact) mass is 343 g/mol. The van der Waals surface area contributed by atoms with E-state index < -0.39 is 0 Å². The second-order valence-electron chi connectivity index (χ2n) is 5.61. The molecule has 2 N–H and O–H groups in total. The van der Waals surface area contributed by atoms with Crippen molar-refractivity contribution in [3.05, 3.63) is 66.0 Å². The second kappa shape index (κ2) is 9.54. The standard InChI is InChI=1S/C19H22N2O4/c1-2-25-18(23)13-21-10-6-9-16(12-21)19(24)20-17(14-22)11-15-7-4-3-5-8-15/h3-10,12,17,22H,2,11,13-14H2,1H3/p+1/t17-/m0/s1. The summed E-state index contributed by atoms with van der Waals surface area (Å²) in [6.45, 7) is 1.95. The predicted octanol–water partition coefficient (Wildman–Crippen LogP) is 0.871. The number of pyridine rings is 1. The first-order valence-corrected chi connectivity index (χ1v) is 8.22. The van der Waals surface area contributed by atoms with Gasteiger partial charge in [0, 0.05) is 6.07 Å². The number of aromatic nitrogens is 1.